The fourth-order valence-corrected chi connectivity index (χ4v) is 3.70. The van der Waals surface area contributed by atoms with Crippen LogP contribution < -0.4 is 14.8 Å². The Morgan fingerprint density at radius 1 is 1.16 bits per heavy atom. The highest BCUT2D eigenvalue weighted by Gasteiger charge is 2.34. The van der Waals surface area contributed by atoms with Crippen LogP contribution in [0.5, 0.6) is 23.0 Å². The summed E-state index contributed by atoms with van der Waals surface area (Å²) in [6, 6.07) is 9.70. The molecule has 2 unspecified atom stereocenters. The number of benzene rings is 2. The van der Waals surface area contributed by atoms with Gasteiger partial charge in [-0.3, -0.25) is 4.79 Å². The largest absolute Gasteiger partial charge is 0.504 e. The lowest BCUT2D eigenvalue weighted by molar-refractivity contribution is -0.136. The number of aromatic nitrogens is 2. The zero-order valence-electron chi connectivity index (χ0n) is 17.6. The quantitative estimate of drug-likeness (QED) is 0.374. The number of nitrogens with one attached hydrogen (secondary N) is 1. The van der Waals surface area contributed by atoms with Crippen LogP contribution in [0.4, 0.5) is 0 Å². The molecule has 32 heavy (non-hydrogen) atoms. The second kappa shape index (κ2) is 9.19. The third-order valence-electron chi connectivity index (χ3n) is 5.33. The summed E-state index contributed by atoms with van der Waals surface area (Å²) >= 11 is 0. The van der Waals surface area contributed by atoms with Crippen LogP contribution in [0.3, 0.4) is 0 Å². The van der Waals surface area contributed by atoms with Gasteiger partial charge in [0.1, 0.15) is 0 Å². The molecule has 0 saturated carbocycles. The number of carboxylic acid groups (broad SMARTS) is 1. The third-order valence-corrected chi connectivity index (χ3v) is 5.33. The van der Waals surface area contributed by atoms with E-state index in [4.69, 9.17) is 14.6 Å². The van der Waals surface area contributed by atoms with Crippen molar-refractivity contribution in [2.45, 2.75) is 31.6 Å². The van der Waals surface area contributed by atoms with Crippen LogP contribution in [0.1, 0.15) is 22.7 Å². The van der Waals surface area contributed by atoms with Crippen molar-refractivity contribution < 1.29 is 29.6 Å². The Morgan fingerprint density at radius 2 is 1.97 bits per heavy atom. The lowest BCUT2D eigenvalue weighted by atomic mass is 9.97. The van der Waals surface area contributed by atoms with Crippen LogP contribution in [0.25, 0.3) is 0 Å². The average Bonchev–Trinajstić information content (AvgIpc) is 3.38. The Hall–Kier alpha value is -3.72. The minimum absolute atomic E-state index is 0.110. The number of carboxylic acids is 1. The number of fused-ring (bicyclic) bond motifs is 1. The molecular weight excluding hydrogens is 414 g/mol. The van der Waals surface area contributed by atoms with Crippen LogP contribution in [-0.4, -0.2) is 50.7 Å². The highest BCUT2D eigenvalue weighted by molar-refractivity contribution is 5.70. The number of phenolic OH excluding ortho intramolecular Hbond substituents is 2. The number of aromatic hydroxyl groups is 2. The van der Waals surface area contributed by atoms with Crippen molar-refractivity contribution in [3.05, 3.63) is 65.7 Å². The second-order valence-corrected chi connectivity index (χ2v) is 7.73. The molecule has 9 nitrogen and oxygen atoms in total. The van der Waals surface area contributed by atoms with Gasteiger partial charge in [0.15, 0.2) is 23.0 Å². The second-order valence-electron chi connectivity index (χ2n) is 7.73. The SMILES string of the molecule is CNCCc1cn(CC(c2ccc(O)c(O)c2)C2Oc3ccc(CC(=O)O)cc3O2)cn1. The van der Waals surface area contributed by atoms with Crippen molar-refractivity contribution in [2.24, 2.45) is 0 Å². The molecule has 0 spiro atoms. The standard InChI is InChI=1S/C23H25N3O6/c1-24-7-6-16-11-26(13-25-16)12-17(15-3-4-18(27)19(28)10-15)23-31-20-5-2-14(9-22(29)30)8-21(20)32-23/h2-5,8,10-11,13,17,23-24,27-28H,6-7,9,12H2,1H3,(H,29,30). The van der Waals surface area contributed by atoms with Crippen LogP contribution in [0.15, 0.2) is 48.9 Å². The fraction of sp³-hybridized carbons (Fsp3) is 0.304. The lowest BCUT2D eigenvalue weighted by Crippen LogP contribution is -2.30. The van der Waals surface area contributed by atoms with Crippen LogP contribution in [0.2, 0.25) is 0 Å². The van der Waals surface area contributed by atoms with E-state index >= 15 is 0 Å². The molecule has 0 bridgehead atoms. The first-order valence-corrected chi connectivity index (χ1v) is 10.3. The van der Waals surface area contributed by atoms with E-state index in [9.17, 15) is 15.0 Å². The molecule has 2 atom stereocenters. The smallest absolute Gasteiger partial charge is 0.307 e. The van der Waals surface area contributed by atoms with Gasteiger partial charge in [0, 0.05) is 25.7 Å². The highest BCUT2D eigenvalue weighted by Crippen LogP contribution is 2.41. The van der Waals surface area contributed by atoms with Gasteiger partial charge in [-0.2, -0.15) is 0 Å². The Morgan fingerprint density at radius 3 is 2.72 bits per heavy atom. The maximum Gasteiger partial charge on any atom is 0.307 e. The molecule has 1 aliphatic heterocycles. The molecule has 1 aliphatic rings. The van der Waals surface area contributed by atoms with E-state index in [2.05, 4.69) is 10.3 Å². The molecule has 0 saturated heterocycles. The average molecular weight is 439 g/mol. The number of phenols is 2. The molecule has 4 N–H and O–H groups in total. The summed E-state index contributed by atoms with van der Waals surface area (Å²) in [5, 5.41) is 31.9. The summed E-state index contributed by atoms with van der Waals surface area (Å²) in [5.41, 5.74) is 2.28. The molecule has 168 valence electrons. The highest BCUT2D eigenvalue weighted by atomic mass is 16.7. The summed E-state index contributed by atoms with van der Waals surface area (Å²) in [7, 11) is 1.89. The minimum atomic E-state index is -0.924. The Balaban J connectivity index is 1.59. The van der Waals surface area contributed by atoms with E-state index in [-0.39, 0.29) is 23.8 Å². The Labute approximate surface area is 184 Å². The molecule has 4 rings (SSSR count). The first-order chi connectivity index (χ1) is 15.4. The first kappa shape index (κ1) is 21.5. The summed E-state index contributed by atoms with van der Waals surface area (Å²) in [5.74, 6) is -0.707. The molecule has 9 heteroatoms. The van der Waals surface area contributed by atoms with Gasteiger partial charge in [-0.05, 0) is 42.4 Å². The van der Waals surface area contributed by atoms with Gasteiger partial charge >= 0.3 is 5.97 Å². The van der Waals surface area contributed by atoms with Gasteiger partial charge in [0.2, 0.25) is 6.29 Å². The van der Waals surface area contributed by atoms with E-state index in [1.54, 1.807) is 30.6 Å². The molecule has 0 aliphatic carbocycles. The molecule has 1 aromatic heterocycles. The number of ether oxygens (including phenoxy) is 2. The predicted molar refractivity (Wildman–Crippen MR) is 115 cm³/mol. The predicted octanol–water partition coefficient (Wildman–Crippen LogP) is 2.26. The van der Waals surface area contributed by atoms with Crippen molar-refractivity contribution in [3.8, 4) is 23.0 Å². The van der Waals surface area contributed by atoms with Gasteiger partial charge in [-0.1, -0.05) is 12.1 Å². The summed E-state index contributed by atoms with van der Waals surface area (Å²) in [6.07, 6.45) is 3.67. The zero-order valence-corrected chi connectivity index (χ0v) is 17.6. The van der Waals surface area contributed by atoms with Gasteiger partial charge in [-0.15, -0.1) is 0 Å². The van der Waals surface area contributed by atoms with E-state index < -0.39 is 12.3 Å². The van der Waals surface area contributed by atoms with E-state index in [1.165, 1.54) is 12.1 Å². The molecule has 0 radical (unpaired) electrons. The molecule has 0 fully saturated rings. The molecule has 2 aromatic carbocycles. The topological polar surface area (TPSA) is 126 Å². The minimum Gasteiger partial charge on any atom is -0.504 e. The van der Waals surface area contributed by atoms with Crippen molar-refractivity contribution in [2.75, 3.05) is 13.6 Å². The van der Waals surface area contributed by atoms with Gasteiger partial charge in [0.05, 0.1) is 24.4 Å². The molecular formula is C23H25N3O6. The monoisotopic (exact) mass is 439 g/mol. The van der Waals surface area contributed by atoms with E-state index in [0.717, 1.165) is 18.7 Å². The maximum absolute atomic E-state index is 11.0. The normalized spacial score (nSPS) is 15.6. The number of hydrogen-bond acceptors (Lipinski definition) is 7. The summed E-state index contributed by atoms with van der Waals surface area (Å²) in [4.78, 5) is 15.5. The number of rotatable bonds is 9. The van der Waals surface area contributed by atoms with Gasteiger partial charge < -0.3 is 34.7 Å². The number of likely N-dealkylation sites (N-methyl/N-ethyl adjacent to an activating group) is 1. The lowest BCUT2D eigenvalue weighted by Gasteiger charge is -2.23. The summed E-state index contributed by atoms with van der Waals surface area (Å²) in [6.45, 7) is 1.27. The number of carbonyl (C=O) groups is 1. The molecule has 3 aromatic rings. The third kappa shape index (κ3) is 4.78. The Bertz CT molecular complexity index is 1110. The van der Waals surface area contributed by atoms with Gasteiger partial charge in [0.25, 0.3) is 0 Å². The molecule has 0 amide bonds. The van der Waals surface area contributed by atoms with E-state index in [1.807, 2.05) is 17.8 Å². The number of nitrogens with zero attached hydrogens (tertiary/aromatic N) is 2. The van der Waals surface area contributed by atoms with Gasteiger partial charge in [-0.25, -0.2) is 4.98 Å². The number of imidazole rings is 1. The van der Waals surface area contributed by atoms with Crippen molar-refractivity contribution in [1.82, 2.24) is 14.9 Å². The van der Waals surface area contributed by atoms with Crippen molar-refractivity contribution in [3.63, 3.8) is 0 Å². The number of hydrogen-bond donors (Lipinski definition) is 4. The van der Waals surface area contributed by atoms with Crippen LogP contribution in [0, 0.1) is 0 Å². The van der Waals surface area contributed by atoms with Crippen molar-refractivity contribution >= 4 is 5.97 Å². The fourth-order valence-electron chi connectivity index (χ4n) is 3.70. The number of aliphatic carboxylic acids is 1. The first-order valence-electron chi connectivity index (χ1n) is 10.3. The van der Waals surface area contributed by atoms with E-state index in [0.29, 0.717) is 29.2 Å². The summed E-state index contributed by atoms with van der Waals surface area (Å²) < 4.78 is 14.0. The molecule has 2 heterocycles. The van der Waals surface area contributed by atoms with Crippen LogP contribution in [-0.2, 0) is 24.2 Å². The zero-order chi connectivity index (χ0) is 22.7. The Kier molecular flexibility index (Phi) is 6.18. The van der Waals surface area contributed by atoms with Crippen LogP contribution >= 0.6 is 0 Å². The maximum atomic E-state index is 11.0. The van der Waals surface area contributed by atoms with Crippen molar-refractivity contribution in [1.29, 1.82) is 0 Å².